The number of esters is 2. The van der Waals surface area contributed by atoms with Gasteiger partial charge >= 0.3 is 11.9 Å². The van der Waals surface area contributed by atoms with Crippen molar-refractivity contribution >= 4 is 29.3 Å². The van der Waals surface area contributed by atoms with Gasteiger partial charge in [0.25, 0.3) is 0 Å². The molecule has 4 aliphatic carbocycles. The second kappa shape index (κ2) is 9.54. The van der Waals surface area contributed by atoms with Crippen molar-refractivity contribution in [1.82, 2.24) is 0 Å². The molecule has 0 aromatic carbocycles. The van der Waals surface area contributed by atoms with Crippen molar-refractivity contribution in [2.45, 2.75) is 97.0 Å². The molecule has 188 valence electrons. The first-order valence-electron chi connectivity index (χ1n) is 12.9. The van der Waals surface area contributed by atoms with Gasteiger partial charge in [-0.1, -0.05) is 13.8 Å². The molecule has 4 fully saturated rings. The number of carbonyl (C=O) groups is 5. The van der Waals surface area contributed by atoms with Crippen molar-refractivity contribution in [1.29, 1.82) is 0 Å². The van der Waals surface area contributed by atoms with Gasteiger partial charge in [0.05, 0.1) is 7.11 Å². The molecule has 0 spiro atoms. The smallest absolute Gasteiger partial charge is 0.306 e. The van der Waals surface area contributed by atoms with Crippen molar-refractivity contribution in [2.75, 3.05) is 7.11 Å². The largest absolute Gasteiger partial charge is 0.469 e. The van der Waals surface area contributed by atoms with E-state index in [0.29, 0.717) is 51.4 Å². The summed E-state index contributed by atoms with van der Waals surface area (Å²) in [6, 6.07) is 0. The molecule has 0 aliphatic heterocycles. The first kappa shape index (κ1) is 25.1. The summed E-state index contributed by atoms with van der Waals surface area (Å²) < 4.78 is 10.7. The van der Waals surface area contributed by atoms with Crippen LogP contribution in [0.15, 0.2) is 0 Å². The Kier molecular flexibility index (Phi) is 7.03. The van der Waals surface area contributed by atoms with Crippen molar-refractivity contribution in [3.63, 3.8) is 0 Å². The number of hydrogen-bond acceptors (Lipinski definition) is 7. The molecule has 34 heavy (non-hydrogen) atoms. The molecule has 4 rings (SSSR count). The number of hydrogen-bond donors (Lipinski definition) is 0. The molecule has 0 heterocycles. The molecule has 0 radical (unpaired) electrons. The van der Waals surface area contributed by atoms with Crippen LogP contribution in [0.25, 0.3) is 0 Å². The third-order valence-corrected chi connectivity index (χ3v) is 9.88. The number of rotatable bonds is 7. The van der Waals surface area contributed by atoms with Gasteiger partial charge in [-0.05, 0) is 56.8 Å². The minimum absolute atomic E-state index is 0.0438. The van der Waals surface area contributed by atoms with Crippen LogP contribution in [-0.2, 0) is 33.4 Å². The van der Waals surface area contributed by atoms with E-state index < -0.39 is 5.41 Å². The molecule has 4 aliphatic rings. The van der Waals surface area contributed by atoms with Gasteiger partial charge in [-0.2, -0.15) is 0 Å². The van der Waals surface area contributed by atoms with Gasteiger partial charge in [-0.25, -0.2) is 0 Å². The van der Waals surface area contributed by atoms with E-state index in [0.717, 1.165) is 12.8 Å². The lowest BCUT2D eigenvalue weighted by atomic mass is 9.62. The van der Waals surface area contributed by atoms with Crippen molar-refractivity contribution < 1.29 is 33.4 Å². The van der Waals surface area contributed by atoms with Crippen LogP contribution in [0.4, 0.5) is 0 Å². The zero-order valence-corrected chi connectivity index (χ0v) is 20.7. The van der Waals surface area contributed by atoms with Gasteiger partial charge in [0.15, 0.2) is 0 Å². The molecule has 0 amide bonds. The van der Waals surface area contributed by atoms with Crippen molar-refractivity contribution in [2.24, 2.45) is 34.5 Å². The van der Waals surface area contributed by atoms with E-state index in [2.05, 4.69) is 6.92 Å². The zero-order valence-electron chi connectivity index (χ0n) is 20.7. The molecular weight excluding hydrogens is 436 g/mol. The highest BCUT2D eigenvalue weighted by molar-refractivity contribution is 5.92. The molecule has 7 heteroatoms. The predicted molar refractivity (Wildman–Crippen MR) is 122 cm³/mol. The van der Waals surface area contributed by atoms with E-state index in [1.165, 1.54) is 7.11 Å². The molecule has 4 saturated carbocycles. The van der Waals surface area contributed by atoms with Crippen LogP contribution in [0.2, 0.25) is 0 Å². The number of fused-ring (bicyclic) bond motifs is 2. The highest BCUT2D eigenvalue weighted by Gasteiger charge is 2.56. The van der Waals surface area contributed by atoms with Gasteiger partial charge in [0.2, 0.25) is 0 Å². The standard InChI is InChI=1S/C27H38O7/c1-26-14-12-20(28)16(18(26)6-8-22(26)30)5-11-25(32)34-23-9-7-19-17(4-10-24(31)33-3)21(29)13-15-27(19,23)2/h16-19,23H,4-15H2,1-3H3. The number of methoxy groups -OCH3 is 1. The van der Waals surface area contributed by atoms with Gasteiger partial charge in [0.1, 0.15) is 23.5 Å². The van der Waals surface area contributed by atoms with E-state index in [1.54, 1.807) is 0 Å². The van der Waals surface area contributed by atoms with Crippen LogP contribution in [0.5, 0.6) is 0 Å². The Balaban J connectivity index is 1.35. The first-order valence-corrected chi connectivity index (χ1v) is 12.9. The quantitative estimate of drug-likeness (QED) is 0.514. The maximum atomic E-state index is 12.9. The lowest BCUT2D eigenvalue weighted by Crippen LogP contribution is -2.45. The fourth-order valence-electron chi connectivity index (χ4n) is 7.68. The fraction of sp³-hybridized carbons (Fsp3) is 0.815. The van der Waals surface area contributed by atoms with Gasteiger partial charge in [0, 0.05) is 54.8 Å². The molecule has 7 unspecified atom stereocenters. The Morgan fingerprint density at radius 1 is 0.824 bits per heavy atom. The Morgan fingerprint density at radius 3 is 2.12 bits per heavy atom. The highest BCUT2D eigenvalue weighted by atomic mass is 16.5. The molecular formula is C27H38O7. The molecule has 0 N–H and O–H groups in total. The third-order valence-electron chi connectivity index (χ3n) is 9.88. The highest BCUT2D eigenvalue weighted by Crippen LogP contribution is 2.56. The summed E-state index contributed by atoms with van der Waals surface area (Å²) in [5, 5.41) is 0. The average Bonchev–Trinajstić information content (AvgIpc) is 3.29. The van der Waals surface area contributed by atoms with Crippen molar-refractivity contribution in [3.05, 3.63) is 0 Å². The second-order valence-corrected chi connectivity index (χ2v) is 11.5. The van der Waals surface area contributed by atoms with Crippen LogP contribution in [0.3, 0.4) is 0 Å². The average molecular weight is 475 g/mol. The SMILES string of the molecule is COC(=O)CCC1C(=O)CCC2(C)C(OC(=O)CCC3C(=O)CCC4(C)C(=O)CCC34)CCC12. The summed E-state index contributed by atoms with van der Waals surface area (Å²) in [6.07, 6.45) is 6.05. The number of ketones is 3. The second-order valence-electron chi connectivity index (χ2n) is 11.5. The summed E-state index contributed by atoms with van der Waals surface area (Å²) >= 11 is 0. The maximum Gasteiger partial charge on any atom is 0.306 e. The monoisotopic (exact) mass is 474 g/mol. The Morgan fingerprint density at radius 2 is 1.44 bits per heavy atom. The minimum atomic E-state index is -0.414. The molecule has 0 bridgehead atoms. The van der Waals surface area contributed by atoms with Gasteiger partial charge in [-0.15, -0.1) is 0 Å². The topological polar surface area (TPSA) is 104 Å². The van der Waals surface area contributed by atoms with Gasteiger partial charge in [-0.3, -0.25) is 24.0 Å². The third kappa shape index (κ3) is 4.35. The van der Waals surface area contributed by atoms with Crippen LogP contribution in [0, 0.1) is 34.5 Å². The summed E-state index contributed by atoms with van der Waals surface area (Å²) in [5.74, 6) is -0.253. The van der Waals surface area contributed by atoms with E-state index in [9.17, 15) is 24.0 Å². The maximum absolute atomic E-state index is 12.9. The normalized spacial score (nSPS) is 39.5. The number of Topliss-reactive ketones (excluding diaryl/α,β-unsaturated/α-hetero) is 3. The van der Waals surface area contributed by atoms with Crippen LogP contribution >= 0.6 is 0 Å². The zero-order chi connectivity index (χ0) is 24.7. The minimum Gasteiger partial charge on any atom is -0.469 e. The summed E-state index contributed by atoms with van der Waals surface area (Å²) in [6.45, 7) is 4.10. The van der Waals surface area contributed by atoms with Gasteiger partial charge < -0.3 is 9.47 Å². The van der Waals surface area contributed by atoms with E-state index >= 15 is 0 Å². The summed E-state index contributed by atoms with van der Waals surface area (Å²) in [7, 11) is 1.35. The Labute approximate surface area is 201 Å². The predicted octanol–water partition coefficient (Wildman–Crippen LogP) is 3.99. The summed E-state index contributed by atoms with van der Waals surface area (Å²) in [4.78, 5) is 62.2. The molecule has 0 aromatic heterocycles. The molecule has 0 aromatic rings. The molecule has 0 saturated heterocycles. The lowest BCUT2D eigenvalue weighted by Gasteiger charge is -2.43. The van der Waals surface area contributed by atoms with E-state index in [1.807, 2.05) is 6.92 Å². The molecule has 7 nitrogen and oxygen atoms in total. The van der Waals surface area contributed by atoms with Crippen LogP contribution < -0.4 is 0 Å². The summed E-state index contributed by atoms with van der Waals surface area (Å²) in [5.41, 5.74) is -0.691. The van der Waals surface area contributed by atoms with E-state index in [-0.39, 0.29) is 77.3 Å². The fourth-order valence-corrected chi connectivity index (χ4v) is 7.68. The Hall–Kier alpha value is -2.05. The first-order chi connectivity index (χ1) is 16.1. The van der Waals surface area contributed by atoms with Crippen LogP contribution in [0.1, 0.15) is 90.9 Å². The van der Waals surface area contributed by atoms with Crippen LogP contribution in [-0.4, -0.2) is 42.5 Å². The lowest BCUT2D eigenvalue weighted by molar-refractivity contribution is -0.158. The molecule has 7 atom stereocenters. The number of ether oxygens (including phenoxy) is 2. The van der Waals surface area contributed by atoms with Crippen molar-refractivity contribution in [3.8, 4) is 0 Å². The Bertz CT molecular complexity index is 878. The van der Waals surface area contributed by atoms with E-state index in [4.69, 9.17) is 9.47 Å². The number of carbonyl (C=O) groups excluding carboxylic acids is 5.